The van der Waals surface area contributed by atoms with Crippen LogP contribution >= 0.6 is 11.6 Å². The summed E-state index contributed by atoms with van der Waals surface area (Å²) in [4.78, 5) is 0. The monoisotopic (exact) mass is 411 g/mol. The van der Waals surface area contributed by atoms with E-state index >= 15 is 0 Å². The van der Waals surface area contributed by atoms with Gasteiger partial charge in [0.2, 0.25) is 6.79 Å². The van der Waals surface area contributed by atoms with Gasteiger partial charge < -0.3 is 24.3 Å². The van der Waals surface area contributed by atoms with Crippen LogP contribution in [-0.4, -0.2) is 13.9 Å². The first-order valence-corrected chi connectivity index (χ1v) is 9.73. The summed E-state index contributed by atoms with van der Waals surface area (Å²) < 4.78 is 22.4. The number of ether oxygens (including phenoxy) is 4. The molecule has 0 fully saturated rings. The van der Waals surface area contributed by atoms with E-state index in [1.807, 2.05) is 60.7 Å². The van der Waals surface area contributed by atoms with Crippen LogP contribution in [0.25, 0.3) is 0 Å². The number of methoxy groups -OCH3 is 1. The van der Waals surface area contributed by atoms with Gasteiger partial charge in [0.1, 0.15) is 6.61 Å². The fourth-order valence-electron chi connectivity index (χ4n) is 3.15. The zero-order valence-corrected chi connectivity index (χ0v) is 16.9. The highest BCUT2D eigenvalue weighted by Crippen LogP contribution is 2.33. The number of halogens is 1. The van der Waals surface area contributed by atoms with Crippen LogP contribution in [0, 0.1) is 0 Å². The molecule has 0 aromatic heterocycles. The molecule has 0 unspecified atom stereocenters. The van der Waals surface area contributed by atoms with Crippen molar-refractivity contribution in [1.82, 2.24) is 5.32 Å². The Kier molecular flexibility index (Phi) is 6.08. The van der Waals surface area contributed by atoms with Gasteiger partial charge in [0.05, 0.1) is 7.11 Å². The Morgan fingerprint density at radius 3 is 2.55 bits per heavy atom. The standard InChI is InChI=1S/C23H22ClNO4/c1-26-21-4-2-3-18(23(21)27-14-16-5-8-19(24)9-6-16)13-25-12-17-7-10-20-22(11-17)29-15-28-20/h2-11,25H,12-15H2,1H3. The summed E-state index contributed by atoms with van der Waals surface area (Å²) in [6.07, 6.45) is 0. The maximum absolute atomic E-state index is 6.10. The third-order valence-electron chi connectivity index (χ3n) is 4.66. The van der Waals surface area contributed by atoms with Crippen LogP contribution < -0.4 is 24.3 Å². The molecule has 1 heterocycles. The van der Waals surface area contributed by atoms with Crippen molar-refractivity contribution in [2.45, 2.75) is 19.7 Å². The van der Waals surface area contributed by atoms with E-state index < -0.39 is 0 Å². The maximum Gasteiger partial charge on any atom is 0.231 e. The van der Waals surface area contributed by atoms with Crippen molar-refractivity contribution in [3.8, 4) is 23.0 Å². The summed E-state index contributed by atoms with van der Waals surface area (Å²) in [5.41, 5.74) is 3.19. The van der Waals surface area contributed by atoms with Crippen LogP contribution in [0.4, 0.5) is 0 Å². The molecule has 0 saturated heterocycles. The molecular weight excluding hydrogens is 390 g/mol. The summed E-state index contributed by atoms with van der Waals surface area (Å²) in [5.74, 6) is 3.03. The number of hydrogen-bond acceptors (Lipinski definition) is 5. The molecule has 1 N–H and O–H groups in total. The smallest absolute Gasteiger partial charge is 0.231 e. The third-order valence-corrected chi connectivity index (χ3v) is 4.91. The average molecular weight is 412 g/mol. The second-order valence-electron chi connectivity index (χ2n) is 6.65. The largest absolute Gasteiger partial charge is 0.493 e. The lowest BCUT2D eigenvalue weighted by Crippen LogP contribution is -2.14. The quantitative estimate of drug-likeness (QED) is 0.568. The number of nitrogens with one attached hydrogen (secondary N) is 1. The molecule has 0 spiro atoms. The van der Waals surface area contributed by atoms with E-state index in [0.29, 0.717) is 30.5 Å². The van der Waals surface area contributed by atoms with Gasteiger partial charge >= 0.3 is 0 Å². The zero-order valence-electron chi connectivity index (χ0n) is 16.1. The lowest BCUT2D eigenvalue weighted by Gasteiger charge is -2.16. The summed E-state index contributed by atoms with van der Waals surface area (Å²) in [5, 5.41) is 4.16. The number of benzene rings is 3. The number of para-hydroxylation sites is 1. The van der Waals surface area contributed by atoms with Gasteiger partial charge in [-0.3, -0.25) is 0 Å². The highest BCUT2D eigenvalue weighted by Gasteiger charge is 2.14. The molecule has 3 aromatic carbocycles. The van der Waals surface area contributed by atoms with Gasteiger partial charge in [-0.15, -0.1) is 0 Å². The van der Waals surface area contributed by atoms with Crippen molar-refractivity contribution in [3.05, 3.63) is 82.4 Å². The molecule has 1 aliphatic heterocycles. The van der Waals surface area contributed by atoms with Gasteiger partial charge in [-0.25, -0.2) is 0 Å². The van der Waals surface area contributed by atoms with E-state index in [9.17, 15) is 0 Å². The minimum atomic E-state index is 0.282. The van der Waals surface area contributed by atoms with Crippen molar-refractivity contribution >= 4 is 11.6 Å². The summed E-state index contributed by atoms with van der Waals surface area (Å²) in [6.45, 7) is 2.06. The van der Waals surface area contributed by atoms with Crippen LogP contribution in [0.2, 0.25) is 5.02 Å². The molecule has 4 rings (SSSR count). The lowest BCUT2D eigenvalue weighted by atomic mass is 10.1. The van der Waals surface area contributed by atoms with E-state index in [-0.39, 0.29) is 6.79 Å². The van der Waals surface area contributed by atoms with E-state index in [0.717, 1.165) is 33.9 Å². The normalized spacial score (nSPS) is 12.1. The Bertz CT molecular complexity index is 975. The minimum Gasteiger partial charge on any atom is -0.493 e. The molecule has 1 aliphatic rings. The first-order valence-electron chi connectivity index (χ1n) is 9.35. The van der Waals surface area contributed by atoms with Crippen LogP contribution in [0.5, 0.6) is 23.0 Å². The predicted octanol–water partition coefficient (Wildman–Crippen LogP) is 4.95. The van der Waals surface area contributed by atoms with Gasteiger partial charge in [0.25, 0.3) is 0 Å². The van der Waals surface area contributed by atoms with E-state index in [1.54, 1.807) is 7.11 Å². The third kappa shape index (κ3) is 4.75. The summed E-state index contributed by atoms with van der Waals surface area (Å²) in [6, 6.07) is 19.5. The van der Waals surface area contributed by atoms with Gasteiger partial charge in [0, 0.05) is 23.7 Å². The molecule has 5 nitrogen and oxygen atoms in total. The highest BCUT2D eigenvalue weighted by atomic mass is 35.5. The molecule has 29 heavy (non-hydrogen) atoms. The van der Waals surface area contributed by atoms with Crippen molar-refractivity contribution in [2.24, 2.45) is 0 Å². The molecule has 0 amide bonds. The van der Waals surface area contributed by atoms with Crippen LogP contribution in [0.1, 0.15) is 16.7 Å². The number of hydrogen-bond donors (Lipinski definition) is 1. The Morgan fingerprint density at radius 1 is 0.931 bits per heavy atom. The molecule has 3 aromatic rings. The van der Waals surface area contributed by atoms with E-state index in [1.165, 1.54) is 0 Å². The molecule has 0 aliphatic carbocycles. The topological polar surface area (TPSA) is 49.0 Å². The SMILES string of the molecule is COc1cccc(CNCc2ccc3c(c2)OCO3)c1OCc1ccc(Cl)cc1. The van der Waals surface area contributed by atoms with E-state index in [2.05, 4.69) is 5.32 Å². The fourth-order valence-corrected chi connectivity index (χ4v) is 3.28. The molecule has 0 saturated carbocycles. The molecule has 0 radical (unpaired) electrons. The molecule has 0 bridgehead atoms. The first kappa shape index (κ1) is 19.4. The van der Waals surface area contributed by atoms with Crippen molar-refractivity contribution in [2.75, 3.05) is 13.9 Å². The Hall–Kier alpha value is -2.89. The highest BCUT2D eigenvalue weighted by molar-refractivity contribution is 6.30. The predicted molar refractivity (Wildman–Crippen MR) is 112 cm³/mol. The van der Waals surface area contributed by atoms with Gasteiger partial charge in [-0.2, -0.15) is 0 Å². The average Bonchev–Trinajstić information content (AvgIpc) is 3.21. The Balaban J connectivity index is 1.41. The van der Waals surface area contributed by atoms with Gasteiger partial charge in [0.15, 0.2) is 23.0 Å². The minimum absolute atomic E-state index is 0.282. The Labute approximate surface area is 175 Å². The van der Waals surface area contributed by atoms with Crippen molar-refractivity contribution in [3.63, 3.8) is 0 Å². The summed E-state index contributed by atoms with van der Waals surface area (Å²) >= 11 is 5.96. The first-order chi connectivity index (χ1) is 14.2. The van der Waals surface area contributed by atoms with Crippen LogP contribution in [-0.2, 0) is 19.7 Å². The summed E-state index contributed by atoms with van der Waals surface area (Å²) in [7, 11) is 1.65. The van der Waals surface area contributed by atoms with Crippen LogP contribution in [0.15, 0.2) is 60.7 Å². The van der Waals surface area contributed by atoms with Crippen molar-refractivity contribution in [1.29, 1.82) is 0 Å². The number of rotatable bonds is 8. The molecule has 6 heteroatoms. The Morgan fingerprint density at radius 2 is 1.72 bits per heavy atom. The lowest BCUT2D eigenvalue weighted by molar-refractivity contribution is 0.174. The fraction of sp³-hybridized carbons (Fsp3) is 0.217. The zero-order chi connectivity index (χ0) is 20.1. The maximum atomic E-state index is 6.10. The second-order valence-corrected chi connectivity index (χ2v) is 7.09. The van der Waals surface area contributed by atoms with Crippen molar-refractivity contribution < 1.29 is 18.9 Å². The number of fused-ring (bicyclic) bond motifs is 1. The van der Waals surface area contributed by atoms with Gasteiger partial charge in [-0.05, 0) is 41.5 Å². The molecule has 0 atom stereocenters. The van der Waals surface area contributed by atoms with E-state index in [4.69, 9.17) is 30.5 Å². The molecular formula is C23H22ClNO4. The van der Waals surface area contributed by atoms with Gasteiger partial charge in [-0.1, -0.05) is 41.9 Å². The second kappa shape index (κ2) is 9.07. The molecule has 150 valence electrons. The van der Waals surface area contributed by atoms with Crippen LogP contribution in [0.3, 0.4) is 0 Å².